The van der Waals surface area contributed by atoms with Crippen molar-refractivity contribution in [2.45, 2.75) is 13.8 Å². The SMILES string of the molecule is COc1ccc(/C(C)=C2\SC(c3ccc(C)cc3)=NC2=O)cc1. The van der Waals surface area contributed by atoms with Gasteiger partial charge in [0.15, 0.2) is 0 Å². The molecule has 0 saturated carbocycles. The largest absolute Gasteiger partial charge is 0.497 e. The van der Waals surface area contributed by atoms with Crippen molar-refractivity contribution >= 4 is 28.3 Å². The molecule has 116 valence electrons. The molecule has 0 bridgehead atoms. The fourth-order valence-electron chi connectivity index (χ4n) is 2.33. The molecule has 0 aliphatic carbocycles. The molecule has 1 amide bonds. The predicted octanol–water partition coefficient (Wildman–Crippen LogP) is 4.45. The second-order valence-electron chi connectivity index (χ2n) is 5.37. The smallest absolute Gasteiger partial charge is 0.285 e. The van der Waals surface area contributed by atoms with Crippen LogP contribution < -0.4 is 4.74 Å². The molecule has 2 aromatic carbocycles. The zero-order chi connectivity index (χ0) is 16.4. The normalized spacial score (nSPS) is 16.3. The van der Waals surface area contributed by atoms with Gasteiger partial charge in [0.05, 0.1) is 12.0 Å². The van der Waals surface area contributed by atoms with Crippen molar-refractivity contribution in [3.63, 3.8) is 0 Å². The van der Waals surface area contributed by atoms with E-state index in [4.69, 9.17) is 4.74 Å². The second-order valence-corrected chi connectivity index (χ2v) is 6.37. The highest BCUT2D eigenvalue weighted by Crippen LogP contribution is 2.36. The number of carbonyl (C=O) groups is 1. The Morgan fingerprint density at radius 1 is 1.04 bits per heavy atom. The van der Waals surface area contributed by atoms with E-state index < -0.39 is 0 Å². The van der Waals surface area contributed by atoms with Gasteiger partial charge in [0, 0.05) is 5.56 Å². The van der Waals surface area contributed by atoms with Crippen molar-refractivity contribution in [1.82, 2.24) is 0 Å². The monoisotopic (exact) mass is 323 g/mol. The van der Waals surface area contributed by atoms with Gasteiger partial charge in [-0.2, -0.15) is 0 Å². The number of allylic oxidation sites excluding steroid dienone is 1. The number of hydrogen-bond donors (Lipinski definition) is 0. The summed E-state index contributed by atoms with van der Waals surface area (Å²) in [5.74, 6) is 0.632. The summed E-state index contributed by atoms with van der Waals surface area (Å²) in [5, 5.41) is 0.762. The average Bonchev–Trinajstić information content (AvgIpc) is 2.96. The lowest BCUT2D eigenvalue weighted by molar-refractivity contribution is -0.113. The van der Waals surface area contributed by atoms with Crippen LogP contribution in [0.5, 0.6) is 5.75 Å². The highest BCUT2D eigenvalue weighted by atomic mass is 32.2. The molecule has 3 rings (SSSR count). The third-order valence-electron chi connectivity index (χ3n) is 3.76. The maximum Gasteiger partial charge on any atom is 0.285 e. The summed E-state index contributed by atoms with van der Waals surface area (Å²) in [7, 11) is 1.64. The first kappa shape index (κ1) is 15.6. The molecule has 1 aliphatic rings. The lowest BCUT2D eigenvalue weighted by Crippen LogP contribution is -1.93. The molecule has 1 heterocycles. The van der Waals surface area contributed by atoms with Gasteiger partial charge in [0.1, 0.15) is 10.8 Å². The quantitative estimate of drug-likeness (QED) is 0.783. The number of amides is 1. The molecule has 0 saturated heterocycles. The fraction of sp³-hybridized carbons (Fsp3) is 0.158. The molecule has 0 atom stereocenters. The standard InChI is InChI=1S/C19H17NO2S/c1-12-4-6-15(7-5-12)19-20-18(21)17(23-19)13(2)14-8-10-16(22-3)11-9-14/h4-11H,1-3H3/b17-13-. The number of methoxy groups -OCH3 is 1. The minimum Gasteiger partial charge on any atom is -0.497 e. The summed E-state index contributed by atoms with van der Waals surface area (Å²) in [4.78, 5) is 17.2. The van der Waals surface area contributed by atoms with Gasteiger partial charge in [-0.25, -0.2) is 4.99 Å². The summed E-state index contributed by atoms with van der Waals surface area (Å²) in [5.41, 5.74) is 4.11. The maximum absolute atomic E-state index is 12.3. The van der Waals surface area contributed by atoms with Crippen molar-refractivity contribution in [3.8, 4) is 5.75 Å². The summed E-state index contributed by atoms with van der Waals surface area (Å²) in [6, 6.07) is 15.8. The summed E-state index contributed by atoms with van der Waals surface area (Å²) < 4.78 is 5.17. The highest BCUT2D eigenvalue weighted by Gasteiger charge is 2.25. The van der Waals surface area contributed by atoms with Crippen LogP contribution in [0, 0.1) is 6.92 Å². The molecule has 2 aromatic rings. The first-order chi connectivity index (χ1) is 11.1. The van der Waals surface area contributed by atoms with Gasteiger partial charge in [-0.15, -0.1) is 0 Å². The third kappa shape index (κ3) is 3.22. The Hall–Kier alpha value is -2.33. The van der Waals surface area contributed by atoms with Crippen molar-refractivity contribution < 1.29 is 9.53 Å². The van der Waals surface area contributed by atoms with Crippen LogP contribution >= 0.6 is 11.8 Å². The van der Waals surface area contributed by atoms with Crippen molar-refractivity contribution in [3.05, 3.63) is 70.1 Å². The molecule has 0 unspecified atom stereocenters. The van der Waals surface area contributed by atoms with E-state index in [0.29, 0.717) is 4.91 Å². The topological polar surface area (TPSA) is 38.7 Å². The Bertz CT molecular complexity index is 802. The number of rotatable bonds is 3. The molecule has 0 fully saturated rings. The van der Waals surface area contributed by atoms with Crippen molar-refractivity contribution in [2.75, 3.05) is 7.11 Å². The van der Waals surface area contributed by atoms with Gasteiger partial charge >= 0.3 is 0 Å². The van der Waals surface area contributed by atoms with Crippen LogP contribution in [-0.4, -0.2) is 18.1 Å². The number of hydrogen-bond acceptors (Lipinski definition) is 3. The van der Waals surface area contributed by atoms with Crippen LogP contribution in [-0.2, 0) is 4.79 Å². The zero-order valence-electron chi connectivity index (χ0n) is 13.3. The molecular formula is C19H17NO2S. The van der Waals surface area contributed by atoms with E-state index in [1.807, 2.05) is 62.4 Å². The summed E-state index contributed by atoms with van der Waals surface area (Å²) in [6.07, 6.45) is 0. The molecular weight excluding hydrogens is 306 g/mol. The predicted molar refractivity (Wildman–Crippen MR) is 95.9 cm³/mol. The van der Waals surface area contributed by atoms with Crippen LogP contribution in [0.1, 0.15) is 23.6 Å². The van der Waals surface area contributed by atoms with Crippen molar-refractivity contribution in [1.29, 1.82) is 0 Å². The van der Waals surface area contributed by atoms with Crippen LogP contribution in [0.2, 0.25) is 0 Å². The molecule has 0 spiro atoms. The number of thioether (sulfide) groups is 1. The number of carbonyl (C=O) groups excluding carboxylic acids is 1. The number of nitrogens with zero attached hydrogens (tertiary/aromatic N) is 1. The Morgan fingerprint density at radius 3 is 2.30 bits per heavy atom. The second kappa shape index (κ2) is 6.42. The molecule has 0 aromatic heterocycles. The maximum atomic E-state index is 12.3. The average molecular weight is 323 g/mol. The van der Waals surface area contributed by atoms with E-state index in [1.54, 1.807) is 7.11 Å². The van der Waals surface area contributed by atoms with Gasteiger partial charge in [-0.05, 0) is 37.1 Å². The van der Waals surface area contributed by atoms with Crippen molar-refractivity contribution in [2.24, 2.45) is 4.99 Å². The Labute approximate surface area is 140 Å². The molecule has 23 heavy (non-hydrogen) atoms. The number of benzene rings is 2. The van der Waals surface area contributed by atoms with Gasteiger partial charge in [0.25, 0.3) is 5.91 Å². The minimum atomic E-state index is -0.168. The van der Waals surface area contributed by atoms with Crippen LogP contribution in [0.4, 0.5) is 0 Å². The van der Waals surface area contributed by atoms with E-state index in [2.05, 4.69) is 4.99 Å². The number of aryl methyl sites for hydroxylation is 1. The molecule has 3 nitrogen and oxygen atoms in total. The van der Waals surface area contributed by atoms with E-state index in [0.717, 1.165) is 27.5 Å². The lowest BCUT2D eigenvalue weighted by atomic mass is 10.1. The fourth-order valence-corrected chi connectivity index (χ4v) is 3.31. The number of ether oxygens (including phenoxy) is 1. The van der Waals surface area contributed by atoms with E-state index in [1.165, 1.54) is 17.3 Å². The van der Waals surface area contributed by atoms with Gasteiger partial charge in [-0.3, -0.25) is 4.79 Å². The Morgan fingerprint density at radius 2 is 1.70 bits per heavy atom. The van der Waals surface area contributed by atoms with E-state index >= 15 is 0 Å². The first-order valence-corrected chi connectivity index (χ1v) is 8.13. The highest BCUT2D eigenvalue weighted by molar-refractivity contribution is 8.19. The summed E-state index contributed by atoms with van der Waals surface area (Å²) >= 11 is 1.44. The van der Waals surface area contributed by atoms with E-state index in [9.17, 15) is 4.79 Å². The van der Waals surface area contributed by atoms with E-state index in [-0.39, 0.29) is 5.91 Å². The van der Waals surface area contributed by atoms with Crippen LogP contribution in [0.15, 0.2) is 58.4 Å². The molecule has 4 heteroatoms. The molecule has 0 N–H and O–H groups in total. The third-order valence-corrected chi connectivity index (χ3v) is 4.96. The number of aliphatic imine (C=N–C) groups is 1. The summed E-state index contributed by atoms with van der Waals surface area (Å²) in [6.45, 7) is 3.99. The molecule has 1 aliphatic heterocycles. The van der Waals surface area contributed by atoms with Gasteiger partial charge in [0.2, 0.25) is 0 Å². The molecule has 0 radical (unpaired) electrons. The minimum absolute atomic E-state index is 0.168. The van der Waals surface area contributed by atoms with Gasteiger partial charge in [-0.1, -0.05) is 53.7 Å². The Balaban J connectivity index is 1.89. The first-order valence-electron chi connectivity index (χ1n) is 7.31. The lowest BCUT2D eigenvalue weighted by Gasteiger charge is -2.06. The zero-order valence-corrected chi connectivity index (χ0v) is 14.1. The van der Waals surface area contributed by atoms with Crippen LogP contribution in [0.25, 0.3) is 5.57 Å². The van der Waals surface area contributed by atoms with Crippen LogP contribution in [0.3, 0.4) is 0 Å². The van der Waals surface area contributed by atoms with Gasteiger partial charge < -0.3 is 4.74 Å². The Kier molecular flexibility index (Phi) is 4.35.